The summed E-state index contributed by atoms with van der Waals surface area (Å²) in [4.78, 5) is 14.5. The molecule has 0 radical (unpaired) electrons. The van der Waals surface area contributed by atoms with Crippen molar-refractivity contribution in [3.63, 3.8) is 0 Å². The van der Waals surface area contributed by atoms with E-state index in [0.717, 1.165) is 32.2 Å². The van der Waals surface area contributed by atoms with Gasteiger partial charge in [0, 0.05) is 24.7 Å². The lowest BCUT2D eigenvalue weighted by Crippen LogP contribution is -2.56. The molecule has 0 aromatic heterocycles. The first-order chi connectivity index (χ1) is 11.5. The van der Waals surface area contributed by atoms with Gasteiger partial charge in [0.05, 0.1) is 6.10 Å². The minimum Gasteiger partial charge on any atom is -0.447 e. The molecular weight excluding hydrogens is 300 g/mol. The lowest BCUT2D eigenvalue weighted by atomic mass is 9.89. The molecule has 1 saturated heterocycles. The van der Waals surface area contributed by atoms with E-state index in [4.69, 9.17) is 4.74 Å². The number of rotatable bonds is 6. The molecule has 1 unspecified atom stereocenters. The van der Waals surface area contributed by atoms with Crippen LogP contribution in [0.2, 0.25) is 0 Å². The molecule has 0 aliphatic carbocycles. The van der Waals surface area contributed by atoms with E-state index < -0.39 is 0 Å². The highest BCUT2D eigenvalue weighted by molar-refractivity contribution is 5.69. The molecule has 4 nitrogen and oxygen atoms in total. The summed E-state index contributed by atoms with van der Waals surface area (Å²) in [5.74, 6) is 0. The normalized spacial score (nSPS) is 24.2. The van der Waals surface area contributed by atoms with E-state index in [0.29, 0.717) is 6.04 Å². The predicted molar refractivity (Wildman–Crippen MR) is 97.9 cm³/mol. The van der Waals surface area contributed by atoms with Crippen LogP contribution in [0.5, 0.6) is 0 Å². The fourth-order valence-corrected chi connectivity index (χ4v) is 3.59. The largest absolute Gasteiger partial charge is 0.447 e. The summed E-state index contributed by atoms with van der Waals surface area (Å²) >= 11 is 0. The molecule has 0 bridgehead atoms. The number of likely N-dealkylation sites (tertiary alicyclic amines) is 1. The van der Waals surface area contributed by atoms with Crippen molar-refractivity contribution in [2.45, 2.75) is 84.2 Å². The van der Waals surface area contributed by atoms with Crippen LogP contribution in [0.3, 0.4) is 0 Å². The SMILES string of the molecule is CC[C@@H]1CC(NCc2ccccc2)C[C@H](CC)N1C(=O)OC(C)C. The molecule has 1 aliphatic rings. The Morgan fingerprint density at radius 3 is 2.25 bits per heavy atom. The van der Waals surface area contributed by atoms with Crippen molar-refractivity contribution in [1.82, 2.24) is 10.2 Å². The number of piperidine rings is 1. The van der Waals surface area contributed by atoms with Crippen LogP contribution >= 0.6 is 0 Å². The Labute approximate surface area is 146 Å². The van der Waals surface area contributed by atoms with E-state index in [-0.39, 0.29) is 24.3 Å². The molecular formula is C20H32N2O2. The second-order valence-corrected chi connectivity index (χ2v) is 7.00. The molecule has 134 valence electrons. The Kier molecular flexibility index (Phi) is 7.10. The van der Waals surface area contributed by atoms with Gasteiger partial charge in [-0.1, -0.05) is 44.2 Å². The molecule has 2 rings (SSSR count). The Balaban J connectivity index is 2.00. The summed E-state index contributed by atoms with van der Waals surface area (Å²) in [5, 5.41) is 3.69. The Hall–Kier alpha value is -1.55. The van der Waals surface area contributed by atoms with Crippen LogP contribution in [0.15, 0.2) is 30.3 Å². The molecule has 1 aromatic rings. The minimum absolute atomic E-state index is 0.0681. The lowest BCUT2D eigenvalue weighted by Gasteiger charge is -2.44. The van der Waals surface area contributed by atoms with Crippen molar-refractivity contribution in [2.75, 3.05) is 0 Å². The molecule has 1 aromatic carbocycles. The molecule has 0 saturated carbocycles. The van der Waals surface area contributed by atoms with Crippen LogP contribution in [0.25, 0.3) is 0 Å². The van der Waals surface area contributed by atoms with Gasteiger partial charge < -0.3 is 15.0 Å². The van der Waals surface area contributed by atoms with Crippen LogP contribution in [0, 0.1) is 0 Å². The predicted octanol–water partition coefficient (Wildman–Crippen LogP) is 4.34. The van der Waals surface area contributed by atoms with E-state index in [1.807, 2.05) is 24.8 Å². The maximum atomic E-state index is 12.5. The topological polar surface area (TPSA) is 41.6 Å². The quantitative estimate of drug-likeness (QED) is 0.842. The summed E-state index contributed by atoms with van der Waals surface area (Å²) in [6.45, 7) is 9.02. The number of benzene rings is 1. The van der Waals surface area contributed by atoms with Gasteiger partial charge in [-0.2, -0.15) is 0 Å². The maximum absolute atomic E-state index is 12.5. The highest BCUT2D eigenvalue weighted by Gasteiger charge is 2.37. The van der Waals surface area contributed by atoms with Crippen molar-refractivity contribution in [2.24, 2.45) is 0 Å². The Morgan fingerprint density at radius 2 is 1.75 bits per heavy atom. The Morgan fingerprint density at radius 1 is 1.17 bits per heavy atom. The van der Waals surface area contributed by atoms with Crippen molar-refractivity contribution < 1.29 is 9.53 Å². The number of hydrogen-bond donors (Lipinski definition) is 1. The van der Waals surface area contributed by atoms with Gasteiger partial charge in [0.25, 0.3) is 0 Å². The third-order valence-corrected chi connectivity index (χ3v) is 4.83. The van der Waals surface area contributed by atoms with Gasteiger partial charge in [0.2, 0.25) is 0 Å². The number of nitrogens with one attached hydrogen (secondary N) is 1. The standard InChI is InChI=1S/C20H32N2O2/c1-5-18-12-17(21-14-16-10-8-7-9-11-16)13-19(6-2)22(18)20(23)24-15(3)4/h7-11,15,17-19,21H,5-6,12-14H2,1-4H3/t17?,18-,19+. The van der Waals surface area contributed by atoms with Gasteiger partial charge in [0.15, 0.2) is 0 Å². The fraction of sp³-hybridized carbons (Fsp3) is 0.650. The van der Waals surface area contributed by atoms with Gasteiger partial charge >= 0.3 is 6.09 Å². The fourth-order valence-electron chi connectivity index (χ4n) is 3.59. The first-order valence-electron chi connectivity index (χ1n) is 9.31. The average molecular weight is 332 g/mol. The van der Waals surface area contributed by atoms with Gasteiger partial charge in [-0.3, -0.25) is 0 Å². The highest BCUT2D eigenvalue weighted by atomic mass is 16.6. The van der Waals surface area contributed by atoms with Gasteiger partial charge in [0.1, 0.15) is 0 Å². The van der Waals surface area contributed by atoms with Crippen LogP contribution < -0.4 is 5.32 Å². The number of hydrogen-bond acceptors (Lipinski definition) is 3. The number of amides is 1. The molecule has 4 heteroatoms. The first-order valence-corrected chi connectivity index (χ1v) is 9.31. The summed E-state index contributed by atoms with van der Waals surface area (Å²) in [7, 11) is 0. The lowest BCUT2D eigenvalue weighted by molar-refractivity contribution is 0.0202. The molecule has 1 aliphatic heterocycles. The third kappa shape index (κ3) is 4.97. The molecule has 3 atom stereocenters. The van der Waals surface area contributed by atoms with Crippen LogP contribution in [-0.2, 0) is 11.3 Å². The zero-order valence-corrected chi connectivity index (χ0v) is 15.5. The summed E-state index contributed by atoms with van der Waals surface area (Å²) in [6, 6.07) is 11.4. The van der Waals surface area contributed by atoms with Crippen molar-refractivity contribution in [3.8, 4) is 0 Å². The van der Waals surface area contributed by atoms with Crippen molar-refractivity contribution in [1.29, 1.82) is 0 Å². The number of ether oxygens (including phenoxy) is 1. The second kappa shape index (κ2) is 9.07. The zero-order chi connectivity index (χ0) is 17.5. The molecule has 1 heterocycles. The number of carbonyl (C=O) groups excluding carboxylic acids is 1. The van der Waals surface area contributed by atoms with Crippen LogP contribution in [0.4, 0.5) is 4.79 Å². The van der Waals surface area contributed by atoms with Gasteiger partial charge in [-0.15, -0.1) is 0 Å². The smallest absolute Gasteiger partial charge is 0.410 e. The van der Waals surface area contributed by atoms with E-state index in [2.05, 4.69) is 43.4 Å². The van der Waals surface area contributed by atoms with E-state index in [1.54, 1.807) is 0 Å². The molecule has 1 amide bonds. The zero-order valence-electron chi connectivity index (χ0n) is 15.5. The first kappa shape index (κ1) is 18.8. The van der Waals surface area contributed by atoms with Crippen molar-refractivity contribution in [3.05, 3.63) is 35.9 Å². The summed E-state index contributed by atoms with van der Waals surface area (Å²) in [5.41, 5.74) is 1.31. The van der Waals surface area contributed by atoms with Crippen LogP contribution in [-0.4, -0.2) is 35.2 Å². The van der Waals surface area contributed by atoms with Crippen LogP contribution in [0.1, 0.15) is 58.9 Å². The molecule has 1 fully saturated rings. The molecule has 0 spiro atoms. The summed E-state index contributed by atoms with van der Waals surface area (Å²) in [6.07, 6.45) is 3.70. The summed E-state index contributed by atoms with van der Waals surface area (Å²) < 4.78 is 5.48. The van der Waals surface area contributed by atoms with Gasteiger partial charge in [-0.05, 0) is 45.1 Å². The third-order valence-electron chi connectivity index (χ3n) is 4.83. The second-order valence-electron chi connectivity index (χ2n) is 7.00. The van der Waals surface area contributed by atoms with E-state index >= 15 is 0 Å². The monoisotopic (exact) mass is 332 g/mol. The molecule has 24 heavy (non-hydrogen) atoms. The maximum Gasteiger partial charge on any atom is 0.410 e. The van der Waals surface area contributed by atoms with Gasteiger partial charge in [-0.25, -0.2) is 4.79 Å². The van der Waals surface area contributed by atoms with Crippen molar-refractivity contribution >= 4 is 6.09 Å². The van der Waals surface area contributed by atoms with E-state index in [9.17, 15) is 4.79 Å². The number of carbonyl (C=O) groups is 1. The molecule has 1 N–H and O–H groups in total. The minimum atomic E-state index is -0.148. The Bertz CT molecular complexity index is 490. The highest BCUT2D eigenvalue weighted by Crippen LogP contribution is 2.28. The van der Waals surface area contributed by atoms with E-state index in [1.165, 1.54) is 5.56 Å². The number of nitrogens with zero attached hydrogens (tertiary/aromatic N) is 1. The average Bonchev–Trinajstić information content (AvgIpc) is 2.59.